The SMILES string of the molecule is CCN(Cc1ccncc1)C[C@]1(O)CCN(C(=O)Cn2ccnc2C)C1. The monoisotopic (exact) mass is 357 g/mol. The second-order valence-corrected chi connectivity index (χ2v) is 7.05. The average Bonchev–Trinajstić information content (AvgIpc) is 3.21. The van der Waals surface area contributed by atoms with Gasteiger partial charge in [0.1, 0.15) is 12.4 Å². The van der Waals surface area contributed by atoms with E-state index >= 15 is 0 Å². The quantitative estimate of drug-likeness (QED) is 0.802. The van der Waals surface area contributed by atoms with Gasteiger partial charge in [0.15, 0.2) is 0 Å². The van der Waals surface area contributed by atoms with E-state index in [9.17, 15) is 9.90 Å². The van der Waals surface area contributed by atoms with Crippen molar-refractivity contribution < 1.29 is 9.90 Å². The van der Waals surface area contributed by atoms with Crippen molar-refractivity contribution >= 4 is 5.91 Å². The van der Waals surface area contributed by atoms with Crippen LogP contribution in [0.3, 0.4) is 0 Å². The number of aliphatic hydroxyl groups is 1. The molecule has 2 aromatic heterocycles. The van der Waals surface area contributed by atoms with Gasteiger partial charge >= 0.3 is 0 Å². The van der Waals surface area contributed by atoms with Crippen LogP contribution in [-0.4, -0.2) is 67.1 Å². The predicted molar refractivity (Wildman–Crippen MR) is 98.3 cm³/mol. The highest BCUT2D eigenvalue weighted by Crippen LogP contribution is 2.23. The third-order valence-electron chi connectivity index (χ3n) is 5.03. The highest BCUT2D eigenvalue weighted by molar-refractivity contribution is 5.76. The van der Waals surface area contributed by atoms with Gasteiger partial charge in [-0.25, -0.2) is 4.98 Å². The van der Waals surface area contributed by atoms with Crippen LogP contribution in [0.15, 0.2) is 36.9 Å². The van der Waals surface area contributed by atoms with Crippen LogP contribution in [0.25, 0.3) is 0 Å². The lowest BCUT2D eigenvalue weighted by Gasteiger charge is -2.30. The van der Waals surface area contributed by atoms with Crippen molar-refractivity contribution in [3.63, 3.8) is 0 Å². The number of imidazole rings is 1. The normalized spacial score (nSPS) is 20.1. The van der Waals surface area contributed by atoms with Gasteiger partial charge in [-0.05, 0) is 37.6 Å². The van der Waals surface area contributed by atoms with Crippen LogP contribution in [0.4, 0.5) is 0 Å². The summed E-state index contributed by atoms with van der Waals surface area (Å²) in [5.41, 5.74) is 0.315. The summed E-state index contributed by atoms with van der Waals surface area (Å²) in [6.07, 6.45) is 7.68. The van der Waals surface area contributed by atoms with E-state index in [1.807, 2.05) is 29.8 Å². The molecule has 140 valence electrons. The highest BCUT2D eigenvalue weighted by atomic mass is 16.3. The van der Waals surface area contributed by atoms with Crippen LogP contribution in [0.1, 0.15) is 24.7 Å². The molecule has 26 heavy (non-hydrogen) atoms. The van der Waals surface area contributed by atoms with E-state index < -0.39 is 5.60 Å². The molecule has 1 N–H and O–H groups in total. The zero-order chi connectivity index (χ0) is 18.6. The van der Waals surface area contributed by atoms with E-state index in [2.05, 4.69) is 21.8 Å². The first kappa shape index (κ1) is 18.5. The van der Waals surface area contributed by atoms with E-state index in [0.29, 0.717) is 26.1 Å². The molecule has 0 aromatic carbocycles. The molecule has 0 bridgehead atoms. The molecule has 1 atom stereocenters. The standard InChI is InChI=1S/C19H27N5O2/c1-3-22(12-17-4-7-20-8-5-17)14-19(26)6-10-24(15-19)18(25)13-23-11-9-21-16(23)2/h4-5,7-9,11,26H,3,6,10,12-15H2,1-2H3/t19-/m1/s1. The summed E-state index contributed by atoms with van der Waals surface area (Å²) in [7, 11) is 0. The number of nitrogens with zero attached hydrogens (tertiary/aromatic N) is 5. The molecule has 0 spiro atoms. The van der Waals surface area contributed by atoms with E-state index in [0.717, 1.165) is 18.9 Å². The number of rotatable bonds is 7. The molecule has 0 aliphatic carbocycles. The Kier molecular flexibility index (Phi) is 5.68. The van der Waals surface area contributed by atoms with Crippen LogP contribution >= 0.6 is 0 Å². The molecule has 3 rings (SSSR count). The van der Waals surface area contributed by atoms with Crippen molar-refractivity contribution in [2.24, 2.45) is 0 Å². The van der Waals surface area contributed by atoms with Crippen molar-refractivity contribution in [2.75, 3.05) is 26.2 Å². The molecule has 2 aromatic rings. The minimum atomic E-state index is -0.858. The zero-order valence-corrected chi connectivity index (χ0v) is 15.5. The van der Waals surface area contributed by atoms with Crippen molar-refractivity contribution in [2.45, 2.75) is 39.0 Å². The van der Waals surface area contributed by atoms with Crippen LogP contribution in [-0.2, 0) is 17.9 Å². The molecule has 0 radical (unpaired) electrons. The van der Waals surface area contributed by atoms with Gasteiger partial charge in [0.2, 0.25) is 5.91 Å². The van der Waals surface area contributed by atoms with Crippen LogP contribution in [0, 0.1) is 6.92 Å². The van der Waals surface area contributed by atoms with Gasteiger partial charge in [-0.3, -0.25) is 14.7 Å². The topological polar surface area (TPSA) is 74.5 Å². The number of hydrogen-bond acceptors (Lipinski definition) is 5. The largest absolute Gasteiger partial charge is 0.387 e. The van der Waals surface area contributed by atoms with Crippen molar-refractivity contribution in [1.29, 1.82) is 0 Å². The molecule has 0 unspecified atom stereocenters. The van der Waals surface area contributed by atoms with Gasteiger partial charge in [-0.2, -0.15) is 0 Å². The first-order chi connectivity index (χ1) is 12.5. The van der Waals surface area contributed by atoms with Gasteiger partial charge < -0.3 is 14.6 Å². The molecule has 7 nitrogen and oxygen atoms in total. The summed E-state index contributed by atoms with van der Waals surface area (Å²) in [5.74, 6) is 0.849. The Labute approximate surface area is 154 Å². The molecule has 1 aliphatic heterocycles. The summed E-state index contributed by atoms with van der Waals surface area (Å²) < 4.78 is 1.83. The number of likely N-dealkylation sites (N-methyl/N-ethyl adjacent to an activating group) is 1. The Bertz CT molecular complexity index is 733. The molecular formula is C19H27N5O2. The van der Waals surface area contributed by atoms with Crippen molar-refractivity contribution in [3.05, 3.63) is 48.3 Å². The molecule has 1 saturated heterocycles. The molecule has 7 heteroatoms. The molecular weight excluding hydrogens is 330 g/mol. The highest BCUT2D eigenvalue weighted by Gasteiger charge is 2.39. The smallest absolute Gasteiger partial charge is 0.242 e. The third-order valence-corrected chi connectivity index (χ3v) is 5.03. The Balaban J connectivity index is 1.57. The minimum absolute atomic E-state index is 0.0270. The Morgan fingerprint density at radius 2 is 2.12 bits per heavy atom. The van der Waals surface area contributed by atoms with E-state index in [4.69, 9.17) is 0 Å². The number of β-amino-alcohol motifs (C(OH)–C–C–N with tert-alkyl or cyclic N) is 1. The number of aromatic nitrogens is 3. The van der Waals surface area contributed by atoms with E-state index in [1.165, 1.54) is 5.56 Å². The summed E-state index contributed by atoms with van der Waals surface area (Å²) in [5, 5.41) is 11.0. The number of carbonyl (C=O) groups excluding carboxylic acids is 1. The fourth-order valence-corrected chi connectivity index (χ4v) is 3.46. The maximum atomic E-state index is 12.5. The molecule has 0 saturated carbocycles. The van der Waals surface area contributed by atoms with Crippen LogP contribution in [0.5, 0.6) is 0 Å². The Hall–Kier alpha value is -2.25. The van der Waals surface area contributed by atoms with Gasteiger partial charge in [0.25, 0.3) is 0 Å². The van der Waals surface area contributed by atoms with Crippen LogP contribution in [0.2, 0.25) is 0 Å². The van der Waals surface area contributed by atoms with Crippen LogP contribution < -0.4 is 0 Å². The fraction of sp³-hybridized carbons (Fsp3) is 0.526. The summed E-state index contributed by atoms with van der Waals surface area (Å²) in [6.45, 7) is 7.38. The molecule has 1 fully saturated rings. The molecule has 3 heterocycles. The number of aryl methyl sites for hydroxylation is 1. The van der Waals surface area contributed by atoms with Gasteiger partial charge in [0, 0.05) is 44.4 Å². The van der Waals surface area contributed by atoms with Gasteiger partial charge in [0.05, 0.1) is 12.1 Å². The van der Waals surface area contributed by atoms with Crippen molar-refractivity contribution in [3.8, 4) is 0 Å². The number of carbonyl (C=O) groups is 1. The lowest BCUT2D eigenvalue weighted by Crippen LogP contribution is -2.46. The number of likely N-dealkylation sites (tertiary alicyclic amines) is 1. The number of amides is 1. The average molecular weight is 357 g/mol. The summed E-state index contributed by atoms with van der Waals surface area (Å²) in [6, 6.07) is 3.98. The lowest BCUT2D eigenvalue weighted by molar-refractivity contribution is -0.132. The number of pyridine rings is 1. The third kappa shape index (κ3) is 4.47. The zero-order valence-electron chi connectivity index (χ0n) is 15.5. The first-order valence-corrected chi connectivity index (χ1v) is 9.08. The second-order valence-electron chi connectivity index (χ2n) is 7.05. The fourth-order valence-electron chi connectivity index (χ4n) is 3.46. The summed E-state index contributed by atoms with van der Waals surface area (Å²) >= 11 is 0. The van der Waals surface area contributed by atoms with Crippen molar-refractivity contribution in [1.82, 2.24) is 24.3 Å². The number of hydrogen-bond donors (Lipinski definition) is 1. The lowest BCUT2D eigenvalue weighted by atomic mass is 10.0. The first-order valence-electron chi connectivity index (χ1n) is 9.08. The van der Waals surface area contributed by atoms with Gasteiger partial charge in [-0.15, -0.1) is 0 Å². The Morgan fingerprint density at radius 1 is 1.35 bits per heavy atom. The maximum absolute atomic E-state index is 12.5. The molecule has 1 aliphatic rings. The Morgan fingerprint density at radius 3 is 2.77 bits per heavy atom. The minimum Gasteiger partial charge on any atom is -0.387 e. The van der Waals surface area contributed by atoms with E-state index in [1.54, 1.807) is 23.5 Å². The molecule has 1 amide bonds. The predicted octanol–water partition coefficient (Wildman–Crippen LogP) is 1.07. The van der Waals surface area contributed by atoms with Gasteiger partial charge in [-0.1, -0.05) is 6.92 Å². The second kappa shape index (κ2) is 7.97. The van der Waals surface area contributed by atoms with E-state index in [-0.39, 0.29) is 12.5 Å². The maximum Gasteiger partial charge on any atom is 0.242 e. The summed E-state index contributed by atoms with van der Waals surface area (Å²) in [4.78, 5) is 24.7.